The number of rotatable bonds is 4. The predicted octanol–water partition coefficient (Wildman–Crippen LogP) is 3.53. The topological polar surface area (TPSA) is 85.3 Å². The maximum absolute atomic E-state index is 12.5. The van der Waals surface area contributed by atoms with Crippen LogP contribution >= 0.6 is 11.6 Å². The Morgan fingerprint density at radius 1 is 1.19 bits per heavy atom. The van der Waals surface area contributed by atoms with Crippen molar-refractivity contribution in [3.63, 3.8) is 0 Å². The van der Waals surface area contributed by atoms with E-state index in [-0.39, 0.29) is 17.6 Å². The molecule has 1 unspecified atom stereocenters. The highest BCUT2D eigenvalue weighted by Crippen LogP contribution is 2.28. The molecule has 1 aromatic carbocycles. The van der Waals surface area contributed by atoms with E-state index in [1.54, 1.807) is 18.2 Å². The van der Waals surface area contributed by atoms with E-state index in [9.17, 15) is 4.79 Å². The van der Waals surface area contributed by atoms with Gasteiger partial charge in [0.25, 0.3) is 5.91 Å². The summed E-state index contributed by atoms with van der Waals surface area (Å²) in [5.41, 5.74) is 1.56. The molecule has 0 saturated heterocycles. The monoisotopic (exact) mass is 367 g/mol. The average molecular weight is 368 g/mol. The first kappa shape index (κ1) is 16.3. The van der Waals surface area contributed by atoms with E-state index in [1.165, 1.54) is 0 Å². The third kappa shape index (κ3) is 2.93. The van der Waals surface area contributed by atoms with Crippen molar-refractivity contribution < 1.29 is 9.32 Å². The van der Waals surface area contributed by atoms with Crippen LogP contribution in [0, 0.1) is 0 Å². The van der Waals surface area contributed by atoms with Gasteiger partial charge in [0.15, 0.2) is 22.9 Å². The van der Waals surface area contributed by atoms with Crippen molar-refractivity contribution in [2.24, 2.45) is 0 Å². The number of hydrogen-bond acceptors (Lipinski definition) is 5. The first-order chi connectivity index (χ1) is 12.6. The zero-order valence-corrected chi connectivity index (χ0v) is 14.5. The lowest BCUT2D eigenvalue weighted by Gasteiger charge is -2.10. The average Bonchev–Trinajstić information content (AvgIpc) is 3.29. The van der Waals surface area contributed by atoms with Gasteiger partial charge in [0.2, 0.25) is 0 Å². The third-order valence-electron chi connectivity index (χ3n) is 3.96. The van der Waals surface area contributed by atoms with Crippen LogP contribution in [-0.2, 0) is 0 Å². The molecule has 7 nitrogen and oxygen atoms in total. The Morgan fingerprint density at radius 2 is 2.00 bits per heavy atom. The Morgan fingerprint density at radius 3 is 2.85 bits per heavy atom. The second-order valence-electron chi connectivity index (χ2n) is 5.74. The number of nitrogens with zero attached hydrogens (tertiary/aromatic N) is 4. The molecule has 0 radical (unpaired) electrons. The Hall–Kier alpha value is -3.19. The Balaban J connectivity index is 1.54. The smallest absolute Gasteiger partial charge is 0.274 e. The number of carbonyl (C=O) groups excluding carboxylic acids is 1. The van der Waals surface area contributed by atoms with Crippen molar-refractivity contribution in [2.45, 2.75) is 13.0 Å². The van der Waals surface area contributed by atoms with Gasteiger partial charge in [-0.25, -0.2) is 0 Å². The minimum Gasteiger partial charge on any atom is -0.355 e. The van der Waals surface area contributed by atoms with Gasteiger partial charge in [0.1, 0.15) is 0 Å². The van der Waals surface area contributed by atoms with Crippen molar-refractivity contribution in [1.82, 2.24) is 25.1 Å². The molecule has 1 atom stereocenters. The maximum atomic E-state index is 12.5. The molecule has 0 aliphatic heterocycles. The van der Waals surface area contributed by atoms with Crippen LogP contribution in [0.2, 0.25) is 5.02 Å². The van der Waals surface area contributed by atoms with E-state index in [0.29, 0.717) is 27.8 Å². The molecule has 4 aromatic rings. The standard InChI is InChI=1S/C18H14ClN5O2/c1-11(17-22-21-16-8-4-5-9-24(16)17)20-18(25)14-10-15(26-23-14)12-6-2-3-7-13(12)19/h2-11H,1H3,(H,20,25). The number of nitrogens with one attached hydrogen (secondary N) is 1. The van der Waals surface area contributed by atoms with Crippen molar-refractivity contribution in [3.05, 3.63) is 71.3 Å². The van der Waals surface area contributed by atoms with E-state index >= 15 is 0 Å². The zero-order valence-electron chi connectivity index (χ0n) is 13.8. The normalized spacial score (nSPS) is 12.2. The van der Waals surface area contributed by atoms with Crippen molar-refractivity contribution in [2.75, 3.05) is 0 Å². The fraction of sp³-hybridized carbons (Fsp3) is 0.111. The van der Waals surface area contributed by atoms with Crippen LogP contribution in [0.15, 0.2) is 59.3 Å². The summed E-state index contributed by atoms with van der Waals surface area (Å²) in [6.07, 6.45) is 1.85. The third-order valence-corrected chi connectivity index (χ3v) is 4.29. The number of benzene rings is 1. The van der Waals surface area contributed by atoms with E-state index in [1.807, 2.05) is 47.9 Å². The van der Waals surface area contributed by atoms with Crippen molar-refractivity contribution in [1.29, 1.82) is 0 Å². The Kier molecular flexibility index (Phi) is 4.14. The van der Waals surface area contributed by atoms with Crippen molar-refractivity contribution >= 4 is 23.2 Å². The van der Waals surface area contributed by atoms with Gasteiger partial charge in [0, 0.05) is 17.8 Å². The molecule has 0 aliphatic rings. The number of amides is 1. The molecule has 0 spiro atoms. The molecule has 4 rings (SSSR count). The first-order valence-corrected chi connectivity index (χ1v) is 8.33. The van der Waals surface area contributed by atoms with Gasteiger partial charge in [0.05, 0.1) is 11.1 Å². The van der Waals surface area contributed by atoms with E-state index in [4.69, 9.17) is 16.1 Å². The second-order valence-corrected chi connectivity index (χ2v) is 6.15. The number of hydrogen-bond donors (Lipinski definition) is 1. The summed E-state index contributed by atoms with van der Waals surface area (Å²) in [6, 6.07) is 14.0. The predicted molar refractivity (Wildman–Crippen MR) is 95.8 cm³/mol. The summed E-state index contributed by atoms with van der Waals surface area (Å²) in [5, 5.41) is 15.5. The lowest BCUT2D eigenvalue weighted by Crippen LogP contribution is -2.28. The van der Waals surface area contributed by atoms with Gasteiger partial charge in [-0.3, -0.25) is 9.20 Å². The van der Waals surface area contributed by atoms with Crippen LogP contribution in [0.1, 0.15) is 29.3 Å². The van der Waals surface area contributed by atoms with Crippen molar-refractivity contribution in [3.8, 4) is 11.3 Å². The molecule has 0 aliphatic carbocycles. The molecule has 0 fully saturated rings. The molecule has 130 valence electrons. The number of halogens is 1. The SMILES string of the molecule is CC(NC(=O)c1cc(-c2ccccc2Cl)on1)c1nnc2ccccn12. The summed E-state index contributed by atoms with van der Waals surface area (Å²) < 4.78 is 7.09. The van der Waals surface area contributed by atoms with E-state index in [2.05, 4.69) is 20.7 Å². The number of pyridine rings is 1. The van der Waals surface area contributed by atoms with E-state index in [0.717, 1.165) is 0 Å². The molecule has 1 amide bonds. The van der Waals surface area contributed by atoms with Crippen LogP contribution in [0.25, 0.3) is 17.0 Å². The second kappa shape index (κ2) is 6.61. The van der Waals surface area contributed by atoms with Gasteiger partial charge in [-0.1, -0.05) is 35.0 Å². The molecule has 8 heteroatoms. The molecule has 1 N–H and O–H groups in total. The van der Waals surface area contributed by atoms with Crippen LogP contribution in [0.3, 0.4) is 0 Å². The summed E-state index contributed by atoms with van der Waals surface area (Å²) in [7, 11) is 0. The molecular formula is C18H14ClN5O2. The number of aromatic nitrogens is 4. The summed E-state index contributed by atoms with van der Waals surface area (Å²) in [6.45, 7) is 1.83. The van der Waals surface area contributed by atoms with E-state index < -0.39 is 0 Å². The van der Waals surface area contributed by atoms with Gasteiger partial charge >= 0.3 is 0 Å². The molecule has 26 heavy (non-hydrogen) atoms. The van der Waals surface area contributed by atoms with Gasteiger partial charge in [-0.05, 0) is 31.2 Å². The largest absolute Gasteiger partial charge is 0.355 e. The van der Waals surface area contributed by atoms with Gasteiger partial charge in [-0.2, -0.15) is 0 Å². The quantitative estimate of drug-likeness (QED) is 0.596. The molecule has 0 bridgehead atoms. The zero-order chi connectivity index (χ0) is 18.1. The number of carbonyl (C=O) groups is 1. The molecule has 0 saturated carbocycles. The fourth-order valence-electron chi connectivity index (χ4n) is 2.66. The molecular weight excluding hydrogens is 354 g/mol. The summed E-state index contributed by atoms with van der Waals surface area (Å²) in [4.78, 5) is 12.5. The molecule has 3 heterocycles. The van der Waals surface area contributed by atoms with Crippen LogP contribution in [0.5, 0.6) is 0 Å². The fourth-order valence-corrected chi connectivity index (χ4v) is 2.89. The highest BCUT2D eigenvalue weighted by molar-refractivity contribution is 6.33. The summed E-state index contributed by atoms with van der Waals surface area (Å²) in [5.74, 6) is 0.692. The lowest BCUT2D eigenvalue weighted by atomic mass is 10.1. The Labute approximate surface area is 153 Å². The lowest BCUT2D eigenvalue weighted by molar-refractivity contribution is 0.0929. The van der Waals surface area contributed by atoms with Crippen LogP contribution in [-0.4, -0.2) is 25.7 Å². The molecule has 3 aromatic heterocycles. The first-order valence-electron chi connectivity index (χ1n) is 7.95. The minimum atomic E-state index is -0.368. The highest BCUT2D eigenvalue weighted by atomic mass is 35.5. The van der Waals surface area contributed by atoms with Gasteiger partial charge in [-0.15, -0.1) is 10.2 Å². The highest BCUT2D eigenvalue weighted by Gasteiger charge is 2.20. The maximum Gasteiger partial charge on any atom is 0.274 e. The van der Waals surface area contributed by atoms with Gasteiger partial charge < -0.3 is 9.84 Å². The van der Waals surface area contributed by atoms with Crippen LogP contribution < -0.4 is 5.32 Å². The summed E-state index contributed by atoms with van der Waals surface area (Å²) >= 11 is 6.15. The minimum absolute atomic E-state index is 0.167. The van der Waals surface area contributed by atoms with Crippen LogP contribution in [0.4, 0.5) is 0 Å². The number of fused-ring (bicyclic) bond motifs is 1. The Bertz CT molecular complexity index is 1090.